The molecule has 4 rings (SSSR count). The summed E-state index contributed by atoms with van der Waals surface area (Å²) in [5.74, 6) is 1.21. The third kappa shape index (κ3) is 3.41. The monoisotopic (exact) mass is 359 g/mol. The van der Waals surface area contributed by atoms with Crippen LogP contribution < -0.4 is 5.32 Å². The molecule has 0 bridgehead atoms. The van der Waals surface area contributed by atoms with E-state index in [9.17, 15) is 4.79 Å². The zero-order chi connectivity index (χ0) is 18.4. The Morgan fingerprint density at radius 2 is 1.81 bits per heavy atom. The SMILES string of the molecule is Cc1nn(C)c(C)c1[C@H]1[C@H](NC2CCN(CC3CC3)CC2)CC(=O)N1C. The maximum absolute atomic E-state index is 12.5. The third-order valence-corrected chi connectivity index (χ3v) is 6.70. The summed E-state index contributed by atoms with van der Waals surface area (Å²) in [5, 5.41) is 8.44. The van der Waals surface area contributed by atoms with E-state index in [1.807, 2.05) is 23.7 Å². The van der Waals surface area contributed by atoms with Gasteiger partial charge in [-0.05, 0) is 58.5 Å². The first-order valence-corrected chi connectivity index (χ1v) is 10.2. The average molecular weight is 360 g/mol. The Bertz CT molecular complexity index is 672. The molecule has 6 heteroatoms. The molecule has 1 aromatic heterocycles. The van der Waals surface area contributed by atoms with Crippen LogP contribution in [-0.4, -0.2) is 64.3 Å². The van der Waals surface area contributed by atoms with Crippen molar-refractivity contribution in [3.63, 3.8) is 0 Å². The Kier molecular flexibility index (Phi) is 4.82. The standard InChI is InChI=1S/C20H33N5O/c1-13-19(14(2)24(4)22-13)20-17(11-18(26)23(20)3)21-16-7-9-25(10-8-16)12-15-5-6-15/h15-17,20-21H,5-12H2,1-4H3/t17-,20-/m1/s1. The number of hydrogen-bond donors (Lipinski definition) is 1. The molecule has 3 aliphatic rings. The van der Waals surface area contributed by atoms with Crippen LogP contribution in [0.5, 0.6) is 0 Å². The second kappa shape index (κ2) is 6.97. The number of likely N-dealkylation sites (N-methyl/N-ethyl adjacent to an activating group) is 1. The van der Waals surface area contributed by atoms with Gasteiger partial charge in [-0.3, -0.25) is 9.48 Å². The first kappa shape index (κ1) is 18.0. The number of carbonyl (C=O) groups is 1. The molecule has 2 atom stereocenters. The molecular weight excluding hydrogens is 326 g/mol. The molecule has 1 amide bonds. The molecule has 2 saturated heterocycles. The topological polar surface area (TPSA) is 53.4 Å². The summed E-state index contributed by atoms with van der Waals surface area (Å²) in [5.41, 5.74) is 3.44. The third-order valence-electron chi connectivity index (χ3n) is 6.70. The van der Waals surface area contributed by atoms with Gasteiger partial charge in [-0.15, -0.1) is 0 Å². The highest BCUT2D eigenvalue weighted by atomic mass is 16.2. The van der Waals surface area contributed by atoms with Crippen LogP contribution in [0.3, 0.4) is 0 Å². The molecule has 26 heavy (non-hydrogen) atoms. The van der Waals surface area contributed by atoms with Gasteiger partial charge in [0.2, 0.25) is 5.91 Å². The number of nitrogens with one attached hydrogen (secondary N) is 1. The minimum atomic E-state index is 0.0979. The van der Waals surface area contributed by atoms with Crippen molar-refractivity contribution >= 4 is 5.91 Å². The Hall–Kier alpha value is -1.40. The first-order chi connectivity index (χ1) is 12.4. The number of amides is 1. The van der Waals surface area contributed by atoms with Gasteiger partial charge in [0.05, 0.1) is 11.7 Å². The van der Waals surface area contributed by atoms with Crippen LogP contribution in [0.4, 0.5) is 0 Å². The van der Waals surface area contributed by atoms with Crippen molar-refractivity contribution in [2.24, 2.45) is 13.0 Å². The van der Waals surface area contributed by atoms with Crippen molar-refractivity contribution < 1.29 is 4.79 Å². The Morgan fingerprint density at radius 1 is 1.12 bits per heavy atom. The zero-order valence-corrected chi connectivity index (χ0v) is 16.7. The summed E-state index contributed by atoms with van der Waals surface area (Å²) >= 11 is 0. The van der Waals surface area contributed by atoms with Crippen LogP contribution in [0.2, 0.25) is 0 Å². The number of rotatable bonds is 5. The van der Waals surface area contributed by atoms with Gasteiger partial charge >= 0.3 is 0 Å². The number of carbonyl (C=O) groups excluding carboxylic acids is 1. The minimum Gasteiger partial charge on any atom is -0.337 e. The molecule has 0 spiro atoms. The fourth-order valence-corrected chi connectivity index (χ4v) is 4.88. The van der Waals surface area contributed by atoms with Crippen LogP contribution in [0.1, 0.15) is 55.1 Å². The van der Waals surface area contributed by atoms with Crippen LogP contribution in [0.25, 0.3) is 0 Å². The zero-order valence-electron chi connectivity index (χ0n) is 16.7. The number of aryl methyl sites for hydroxylation is 2. The molecule has 0 aromatic carbocycles. The van der Waals surface area contributed by atoms with E-state index in [1.165, 1.54) is 56.6 Å². The largest absolute Gasteiger partial charge is 0.337 e. The van der Waals surface area contributed by atoms with Crippen molar-refractivity contribution in [1.29, 1.82) is 0 Å². The maximum atomic E-state index is 12.5. The molecule has 0 radical (unpaired) electrons. The molecule has 3 heterocycles. The average Bonchev–Trinajstić information content (AvgIpc) is 3.33. The fourth-order valence-electron chi connectivity index (χ4n) is 4.88. The molecule has 6 nitrogen and oxygen atoms in total. The fraction of sp³-hybridized carbons (Fsp3) is 0.800. The summed E-state index contributed by atoms with van der Waals surface area (Å²) in [6.45, 7) is 7.86. The van der Waals surface area contributed by atoms with E-state index < -0.39 is 0 Å². The lowest BCUT2D eigenvalue weighted by atomic mass is 9.95. The lowest BCUT2D eigenvalue weighted by Crippen LogP contribution is -2.48. The smallest absolute Gasteiger partial charge is 0.224 e. The van der Waals surface area contributed by atoms with Gasteiger partial charge in [-0.25, -0.2) is 0 Å². The molecule has 1 saturated carbocycles. The number of hydrogen-bond acceptors (Lipinski definition) is 4. The molecule has 144 valence electrons. The maximum Gasteiger partial charge on any atom is 0.224 e. The van der Waals surface area contributed by atoms with Crippen molar-refractivity contribution in [1.82, 2.24) is 24.9 Å². The lowest BCUT2D eigenvalue weighted by Gasteiger charge is -2.35. The van der Waals surface area contributed by atoms with Crippen LogP contribution in [-0.2, 0) is 11.8 Å². The predicted molar refractivity (Wildman–Crippen MR) is 102 cm³/mol. The van der Waals surface area contributed by atoms with Crippen LogP contribution in [0.15, 0.2) is 0 Å². The van der Waals surface area contributed by atoms with Crippen molar-refractivity contribution in [3.8, 4) is 0 Å². The summed E-state index contributed by atoms with van der Waals surface area (Å²) in [4.78, 5) is 17.0. The molecule has 3 fully saturated rings. The van der Waals surface area contributed by atoms with Gasteiger partial charge < -0.3 is 15.1 Å². The van der Waals surface area contributed by atoms with E-state index in [0.29, 0.717) is 12.5 Å². The van der Waals surface area contributed by atoms with Crippen LogP contribution in [0, 0.1) is 19.8 Å². The highest BCUT2D eigenvalue weighted by Gasteiger charge is 2.42. The number of nitrogens with zero attached hydrogens (tertiary/aromatic N) is 4. The van der Waals surface area contributed by atoms with Gasteiger partial charge in [-0.2, -0.15) is 5.10 Å². The quantitative estimate of drug-likeness (QED) is 0.871. The molecule has 1 aromatic rings. The van der Waals surface area contributed by atoms with E-state index in [-0.39, 0.29) is 18.0 Å². The highest BCUT2D eigenvalue weighted by molar-refractivity contribution is 5.80. The van der Waals surface area contributed by atoms with Gasteiger partial charge in [0.15, 0.2) is 0 Å². The summed E-state index contributed by atoms with van der Waals surface area (Å²) in [7, 11) is 3.93. The second-order valence-corrected chi connectivity index (χ2v) is 8.65. The highest BCUT2D eigenvalue weighted by Crippen LogP contribution is 2.36. The normalized spacial score (nSPS) is 28.3. The summed E-state index contributed by atoms with van der Waals surface area (Å²) < 4.78 is 1.94. The summed E-state index contributed by atoms with van der Waals surface area (Å²) in [6.07, 6.45) is 5.84. The Labute approximate surface area is 156 Å². The molecule has 2 aliphatic heterocycles. The van der Waals surface area contributed by atoms with Gasteiger partial charge in [0.25, 0.3) is 0 Å². The first-order valence-electron chi connectivity index (χ1n) is 10.2. The molecule has 1 aliphatic carbocycles. The van der Waals surface area contributed by atoms with E-state index in [4.69, 9.17) is 0 Å². The molecule has 1 N–H and O–H groups in total. The van der Waals surface area contributed by atoms with E-state index in [0.717, 1.165) is 11.6 Å². The van der Waals surface area contributed by atoms with Gasteiger partial charge in [0, 0.05) is 50.4 Å². The summed E-state index contributed by atoms with van der Waals surface area (Å²) in [6, 6.07) is 0.810. The Balaban J connectivity index is 1.44. The number of aromatic nitrogens is 2. The van der Waals surface area contributed by atoms with Gasteiger partial charge in [0.1, 0.15) is 0 Å². The van der Waals surface area contributed by atoms with E-state index in [2.05, 4.69) is 29.2 Å². The predicted octanol–water partition coefficient (Wildman–Crippen LogP) is 1.77. The minimum absolute atomic E-state index is 0.0979. The van der Waals surface area contributed by atoms with Crippen LogP contribution >= 0.6 is 0 Å². The number of piperidine rings is 1. The molecule has 0 unspecified atom stereocenters. The van der Waals surface area contributed by atoms with E-state index >= 15 is 0 Å². The van der Waals surface area contributed by atoms with Crippen molar-refractivity contribution in [2.75, 3.05) is 26.7 Å². The second-order valence-electron chi connectivity index (χ2n) is 8.65. The number of likely N-dealkylation sites (tertiary alicyclic amines) is 2. The lowest BCUT2D eigenvalue weighted by molar-refractivity contribution is -0.127. The Morgan fingerprint density at radius 3 is 2.38 bits per heavy atom. The van der Waals surface area contributed by atoms with Gasteiger partial charge in [-0.1, -0.05) is 0 Å². The van der Waals surface area contributed by atoms with Crippen molar-refractivity contribution in [2.45, 2.75) is 64.1 Å². The molecular formula is C20H33N5O. The van der Waals surface area contributed by atoms with Crippen molar-refractivity contribution in [3.05, 3.63) is 17.0 Å². The van der Waals surface area contributed by atoms with E-state index in [1.54, 1.807) is 0 Å².